The number of piperazine rings is 1. The van der Waals surface area contributed by atoms with Crippen molar-refractivity contribution in [1.82, 2.24) is 9.97 Å². The molecule has 0 amide bonds. The molecule has 2 aliphatic heterocycles. The standard InChI is InChI=1S/C15H12F4N4O/c16-10-3-8(15(17,18)19)1-2-11(10)22-6-13-12(22)7-23(13)14-20-4-9(24)5-21-14/h1-5,12-13,24H,6-7H2. The second kappa shape index (κ2) is 4.96. The Balaban J connectivity index is 1.47. The van der Waals surface area contributed by atoms with Crippen LogP contribution < -0.4 is 9.80 Å². The molecule has 3 heterocycles. The number of rotatable bonds is 2. The van der Waals surface area contributed by atoms with Gasteiger partial charge in [-0.25, -0.2) is 14.4 Å². The van der Waals surface area contributed by atoms with Crippen molar-refractivity contribution >= 4 is 11.6 Å². The van der Waals surface area contributed by atoms with Gasteiger partial charge in [0.2, 0.25) is 5.95 Å². The third-order valence-electron chi connectivity index (χ3n) is 4.48. The van der Waals surface area contributed by atoms with Crippen molar-refractivity contribution in [3.05, 3.63) is 42.0 Å². The molecule has 2 saturated heterocycles. The highest BCUT2D eigenvalue weighted by molar-refractivity contribution is 5.60. The normalized spacial score (nSPS) is 22.7. The summed E-state index contributed by atoms with van der Waals surface area (Å²) in [4.78, 5) is 11.7. The van der Waals surface area contributed by atoms with Crippen molar-refractivity contribution in [3.8, 4) is 5.75 Å². The molecule has 0 aliphatic carbocycles. The predicted octanol–water partition coefficient (Wildman–Crippen LogP) is 2.42. The van der Waals surface area contributed by atoms with Crippen LogP contribution >= 0.6 is 0 Å². The zero-order valence-corrected chi connectivity index (χ0v) is 12.2. The van der Waals surface area contributed by atoms with E-state index in [-0.39, 0.29) is 23.5 Å². The van der Waals surface area contributed by atoms with Crippen LogP contribution in [0, 0.1) is 5.82 Å². The van der Waals surface area contributed by atoms with Crippen LogP contribution in [0.2, 0.25) is 0 Å². The first-order valence-corrected chi connectivity index (χ1v) is 7.25. The van der Waals surface area contributed by atoms with Crippen molar-refractivity contribution in [3.63, 3.8) is 0 Å². The number of anilines is 2. The minimum absolute atomic E-state index is 0.0219. The number of benzene rings is 1. The van der Waals surface area contributed by atoms with Crippen molar-refractivity contribution < 1.29 is 22.7 Å². The Hall–Kier alpha value is -2.58. The topological polar surface area (TPSA) is 52.5 Å². The van der Waals surface area contributed by atoms with Crippen LogP contribution in [-0.4, -0.2) is 40.2 Å². The van der Waals surface area contributed by atoms with Gasteiger partial charge in [-0.05, 0) is 18.2 Å². The zero-order valence-electron chi connectivity index (χ0n) is 12.2. The molecular formula is C15H12F4N4O. The lowest BCUT2D eigenvalue weighted by molar-refractivity contribution is -0.137. The summed E-state index contributed by atoms with van der Waals surface area (Å²) < 4.78 is 51.8. The summed E-state index contributed by atoms with van der Waals surface area (Å²) in [5, 5.41) is 9.19. The fourth-order valence-corrected chi connectivity index (χ4v) is 3.14. The van der Waals surface area contributed by atoms with Gasteiger partial charge in [0.05, 0.1) is 35.7 Å². The van der Waals surface area contributed by atoms with Crippen molar-refractivity contribution in [2.24, 2.45) is 0 Å². The number of aromatic nitrogens is 2. The van der Waals surface area contributed by atoms with Crippen molar-refractivity contribution in [2.45, 2.75) is 18.3 Å². The molecule has 1 aromatic carbocycles. The van der Waals surface area contributed by atoms with Crippen LogP contribution in [0.25, 0.3) is 0 Å². The van der Waals surface area contributed by atoms with E-state index in [1.54, 1.807) is 4.90 Å². The minimum atomic E-state index is -4.56. The molecule has 2 aliphatic rings. The molecular weight excluding hydrogens is 328 g/mol. The maximum atomic E-state index is 14.0. The maximum absolute atomic E-state index is 14.0. The number of alkyl halides is 3. The molecule has 9 heteroatoms. The molecule has 2 aromatic rings. The Morgan fingerprint density at radius 1 is 1.04 bits per heavy atom. The SMILES string of the molecule is Oc1cnc(N2CC3C2CN3c2ccc(C(F)(F)F)cc2F)nc1. The van der Waals surface area contributed by atoms with Crippen LogP contribution in [0.4, 0.5) is 29.2 Å². The summed E-state index contributed by atoms with van der Waals surface area (Å²) in [5.41, 5.74) is -0.816. The van der Waals surface area contributed by atoms with E-state index in [0.717, 1.165) is 6.07 Å². The van der Waals surface area contributed by atoms with E-state index in [1.165, 1.54) is 18.5 Å². The lowest BCUT2D eigenvalue weighted by atomic mass is 9.85. The molecule has 1 N–H and O–H groups in total. The molecule has 0 bridgehead atoms. The lowest BCUT2D eigenvalue weighted by Gasteiger charge is -2.62. The van der Waals surface area contributed by atoms with Gasteiger partial charge in [-0.1, -0.05) is 0 Å². The summed E-state index contributed by atoms with van der Waals surface area (Å²) in [7, 11) is 0. The van der Waals surface area contributed by atoms with Gasteiger partial charge in [0.15, 0.2) is 5.75 Å². The smallest absolute Gasteiger partial charge is 0.416 e. The van der Waals surface area contributed by atoms with Crippen LogP contribution in [0.15, 0.2) is 30.6 Å². The molecule has 0 radical (unpaired) electrons. The van der Waals surface area contributed by atoms with Crippen LogP contribution in [0.3, 0.4) is 0 Å². The number of hydrogen-bond acceptors (Lipinski definition) is 5. The van der Waals surface area contributed by atoms with E-state index in [1.807, 2.05) is 4.90 Å². The van der Waals surface area contributed by atoms with Gasteiger partial charge in [0.25, 0.3) is 0 Å². The third-order valence-corrected chi connectivity index (χ3v) is 4.48. The van der Waals surface area contributed by atoms with E-state index >= 15 is 0 Å². The van der Waals surface area contributed by atoms with Crippen LogP contribution in [0.1, 0.15) is 5.56 Å². The van der Waals surface area contributed by atoms with Gasteiger partial charge < -0.3 is 14.9 Å². The summed E-state index contributed by atoms with van der Waals surface area (Å²) in [6, 6.07) is 2.71. The second-order valence-corrected chi connectivity index (χ2v) is 5.84. The lowest BCUT2D eigenvalue weighted by Crippen LogP contribution is -2.80. The van der Waals surface area contributed by atoms with E-state index in [0.29, 0.717) is 25.1 Å². The summed E-state index contributed by atoms with van der Waals surface area (Å²) in [5.74, 6) is -0.429. The average Bonchev–Trinajstić information content (AvgIpc) is 2.50. The van der Waals surface area contributed by atoms with E-state index in [2.05, 4.69) is 9.97 Å². The first-order valence-electron chi connectivity index (χ1n) is 7.25. The molecule has 0 saturated carbocycles. The highest BCUT2D eigenvalue weighted by Gasteiger charge is 2.53. The molecule has 4 rings (SSSR count). The zero-order chi connectivity index (χ0) is 17.1. The number of halogens is 4. The molecule has 24 heavy (non-hydrogen) atoms. The summed E-state index contributed by atoms with van der Waals surface area (Å²) in [6.45, 7) is 1.03. The first-order chi connectivity index (χ1) is 11.3. The highest BCUT2D eigenvalue weighted by atomic mass is 19.4. The number of aromatic hydroxyl groups is 1. The van der Waals surface area contributed by atoms with Crippen molar-refractivity contribution in [2.75, 3.05) is 22.9 Å². The Kier molecular flexibility index (Phi) is 3.09. The molecule has 2 fully saturated rings. The second-order valence-electron chi connectivity index (χ2n) is 5.84. The maximum Gasteiger partial charge on any atom is 0.416 e. The molecule has 126 valence electrons. The van der Waals surface area contributed by atoms with Crippen LogP contribution in [-0.2, 0) is 6.18 Å². The number of fused-ring (bicyclic) bond motifs is 1. The van der Waals surface area contributed by atoms with Gasteiger partial charge in [-0.3, -0.25) is 0 Å². The summed E-state index contributed by atoms with van der Waals surface area (Å²) >= 11 is 0. The monoisotopic (exact) mass is 340 g/mol. The Labute approximate surface area is 134 Å². The molecule has 2 unspecified atom stereocenters. The fraction of sp³-hybridized carbons (Fsp3) is 0.333. The van der Waals surface area contributed by atoms with Gasteiger partial charge >= 0.3 is 6.18 Å². The van der Waals surface area contributed by atoms with Crippen molar-refractivity contribution in [1.29, 1.82) is 0 Å². The molecule has 5 nitrogen and oxygen atoms in total. The fourth-order valence-electron chi connectivity index (χ4n) is 3.14. The van der Waals surface area contributed by atoms with E-state index in [9.17, 15) is 22.7 Å². The van der Waals surface area contributed by atoms with E-state index < -0.39 is 17.6 Å². The Morgan fingerprint density at radius 3 is 2.21 bits per heavy atom. The average molecular weight is 340 g/mol. The first kappa shape index (κ1) is 15.0. The largest absolute Gasteiger partial charge is 0.505 e. The summed E-state index contributed by atoms with van der Waals surface area (Å²) in [6.07, 6.45) is -1.97. The van der Waals surface area contributed by atoms with Gasteiger partial charge in [-0.15, -0.1) is 0 Å². The number of hydrogen-bond donors (Lipinski definition) is 1. The quantitative estimate of drug-likeness (QED) is 0.851. The molecule has 2 atom stereocenters. The predicted molar refractivity (Wildman–Crippen MR) is 77.4 cm³/mol. The molecule has 0 spiro atoms. The van der Waals surface area contributed by atoms with Gasteiger partial charge in [-0.2, -0.15) is 13.2 Å². The third kappa shape index (κ3) is 2.22. The van der Waals surface area contributed by atoms with E-state index in [4.69, 9.17) is 0 Å². The Bertz CT molecular complexity index is 780. The Morgan fingerprint density at radius 2 is 1.67 bits per heavy atom. The minimum Gasteiger partial charge on any atom is -0.505 e. The van der Waals surface area contributed by atoms with Gasteiger partial charge in [0, 0.05) is 13.1 Å². The molecule has 1 aromatic heterocycles. The highest BCUT2D eigenvalue weighted by Crippen LogP contribution is 2.41. The van der Waals surface area contributed by atoms with Gasteiger partial charge in [0.1, 0.15) is 5.82 Å². The number of nitrogens with zero attached hydrogens (tertiary/aromatic N) is 4. The van der Waals surface area contributed by atoms with Crippen LogP contribution in [0.5, 0.6) is 5.75 Å².